The van der Waals surface area contributed by atoms with E-state index in [0.717, 1.165) is 0 Å². The highest BCUT2D eigenvalue weighted by Crippen LogP contribution is 2.21. The summed E-state index contributed by atoms with van der Waals surface area (Å²) in [6.45, 7) is 3.29. The maximum Gasteiger partial charge on any atom is 0.146 e. The van der Waals surface area contributed by atoms with Crippen LogP contribution in [0.15, 0.2) is 12.1 Å². The molecule has 4 heteroatoms. The number of Topliss-reactive ketones (excluding diaryl/α,β-unsaturated/α-hetero) is 1. The Morgan fingerprint density at radius 3 is 2.62 bits per heavy atom. The standard InChI is InChI=1S/C12H13BrF2O/c1-3-11(16)9(13)6-8-10(14)5-4-7(2)12(8)15/h4-5,9H,3,6H2,1-2H3. The van der Waals surface area contributed by atoms with Crippen molar-refractivity contribution in [3.05, 3.63) is 34.9 Å². The van der Waals surface area contributed by atoms with E-state index >= 15 is 0 Å². The molecule has 16 heavy (non-hydrogen) atoms. The molecular weight excluding hydrogens is 278 g/mol. The van der Waals surface area contributed by atoms with Gasteiger partial charge in [0.1, 0.15) is 17.4 Å². The van der Waals surface area contributed by atoms with Gasteiger partial charge in [-0.1, -0.05) is 28.9 Å². The number of alkyl halides is 1. The van der Waals surface area contributed by atoms with Crippen molar-refractivity contribution in [2.45, 2.75) is 31.5 Å². The lowest BCUT2D eigenvalue weighted by atomic mass is 10.0. The van der Waals surface area contributed by atoms with Crippen molar-refractivity contribution in [3.8, 4) is 0 Å². The molecule has 0 bridgehead atoms. The van der Waals surface area contributed by atoms with Crippen LogP contribution < -0.4 is 0 Å². The molecule has 0 aromatic heterocycles. The van der Waals surface area contributed by atoms with Gasteiger partial charge in [-0.3, -0.25) is 4.79 Å². The molecule has 0 amide bonds. The Morgan fingerprint density at radius 2 is 2.06 bits per heavy atom. The third-order valence-corrected chi connectivity index (χ3v) is 3.29. The SMILES string of the molecule is CCC(=O)C(Br)Cc1c(F)ccc(C)c1F. The third-order valence-electron chi connectivity index (χ3n) is 2.46. The van der Waals surface area contributed by atoms with Crippen molar-refractivity contribution in [3.63, 3.8) is 0 Å². The van der Waals surface area contributed by atoms with Crippen molar-refractivity contribution < 1.29 is 13.6 Å². The number of benzene rings is 1. The van der Waals surface area contributed by atoms with Crippen LogP contribution in [0.3, 0.4) is 0 Å². The number of halogens is 3. The van der Waals surface area contributed by atoms with Gasteiger partial charge in [0.05, 0.1) is 4.83 Å². The topological polar surface area (TPSA) is 17.1 Å². The summed E-state index contributed by atoms with van der Waals surface area (Å²) in [4.78, 5) is 10.8. The molecule has 0 fully saturated rings. The van der Waals surface area contributed by atoms with Gasteiger partial charge in [-0.05, 0) is 25.0 Å². The highest BCUT2D eigenvalue weighted by Gasteiger charge is 2.19. The molecule has 1 aromatic rings. The number of hydrogen-bond donors (Lipinski definition) is 0. The van der Waals surface area contributed by atoms with Gasteiger partial charge in [0.2, 0.25) is 0 Å². The number of carbonyl (C=O) groups excluding carboxylic acids is 1. The summed E-state index contributed by atoms with van der Waals surface area (Å²) in [6, 6.07) is 2.61. The number of carbonyl (C=O) groups is 1. The van der Waals surface area contributed by atoms with E-state index in [2.05, 4.69) is 15.9 Å². The van der Waals surface area contributed by atoms with Crippen LogP contribution in [-0.2, 0) is 11.2 Å². The molecule has 0 aliphatic heterocycles. The van der Waals surface area contributed by atoms with Crippen molar-refractivity contribution in [2.75, 3.05) is 0 Å². The maximum absolute atomic E-state index is 13.6. The highest BCUT2D eigenvalue weighted by molar-refractivity contribution is 9.10. The largest absolute Gasteiger partial charge is 0.298 e. The fraction of sp³-hybridized carbons (Fsp3) is 0.417. The monoisotopic (exact) mass is 290 g/mol. The van der Waals surface area contributed by atoms with E-state index < -0.39 is 16.5 Å². The molecule has 1 nitrogen and oxygen atoms in total. The molecule has 1 rings (SSSR count). The summed E-state index contributed by atoms with van der Waals surface area (Å²) in [5.41, 5.74) is 0.365. The Balaban J connectivity index is 2.97. The minimum atomic E-state index is -0.601. The lowest BCUT2D eigenvalue weighted by molar-refractivity contribution is -0.118. The average Bonchev–Trinajstić information content (AvgIpc) is 2.28. The first-order valence-electron chi connectivity index (χ1n) is 5.07. The van der Waals surface area contributed by atoms with E-state index in [1.54, 1.807) is 13.8 Å². The molecule has 0 aliphatic carbocycles. The van der Waals surface area contributed by atoms with Crippen LogP contribution in [0, 0.1) is 18.6 Å². The summed E-state index contributed by atoms with van der Waals surface area (Å²) in [7, 11) is 0. The van der Waals surface area contributed by atoms with Gasteiger partial charge in [-0.15, -0.1) is 0 Å². The van der Waals surface area contributed by atoms with E-state index in [4.69, 9.17) is 0 Å². The summed E-state index contributed by atoms with van der Waals surface area (Å²) in [6.07, 6.45) is 0.400. The van der Waals surface area contributed by atoms with Gasteiger partial charge < -0.3 is 0 Å². The molecule has 1 atom stereocenters. The predicted octanol–water partition coefficient (Wildman–Crippen LogP) is 3.56. The van der Waals surface area contributed by atoms with E-state index in [1.807, 2.05) is 0 Å². The number of rotatable bonds is 4. The molecule has 0 radical (unpaired) electrons. The van der Waals surface area contributed by atoms with Gasteiger partial charge >= 0.3 is 0 Å². The molecule has 0 aliphatic rings. The Bertz CT molecular complexity index is 404. The van der Waals surface area contributed by atoms with Crippen LogP contribution in [0.1, 0.15) is 24.5 Å². The van der Waals surface area contributed by atoms with Gasteiger partial charge in [0.25, 0.3) is 0 Å². The Hall–Kier alpha value is -0.770. The Labute approximate surface area is 102 Å². The van der Waals surface area contributed by atoms with E-state index in [0.29, 0.717) is 12.0 Å². The smallest absolute Gasteiger partial charge is 0.146 e. The third kappa shape index (κ3) is 2.88. The van der Waals surface area contributed by atoms with Crippen LogP contribution in [0.5, 0.6) is 0 Å². The molecule has 1 aromatic carbocycles. The minimum absolute atomic E-state index is 0.0244. The zero-order valence-electron chi connectivity index (χ0n) is 9.19. The van der Waals surface area contributed by atoms with E-state index in [-0.39, 0.29) is 17.8 Å². The molecular formula is C12H13BrF2O. The average molecular weight is 291 g/mol. The summed E-state index contributed by atoms with van der Waals surface area (Å²) >= 11 is 3.15. The van der Waals surface area contributed by atoms with Crippen molar-refractivity contribution in [1.29, 1.82) is 0 Å². The van der Waals surface area contributed by atoms with Crippen LogP contribution in [0.4, 0.5) is 8.78 Å². The van der Waals surface area contributed by atoms with Crippen LogP contribution in [0.25, 0.3) is 0 Å². The second-order valence-electron chi connectivity index (χ2n) is 3.65. The maximum atomic E-state index is 13.6. The zero-order valence-corrected chi connectivity index (χ0v) is 10.8. The quantitative estimate of drug-likeness (QED) is 0.775. The molecule has 0 heterocycles. The van der Waals surface area contributed by atoms with Gasteiger partial charge in [0.15, 0.2) is 0 Å². The van der Waals surface area contributed by atoms with Crippen LogP contribution >= 0.6 is 15.9 Å². The fourth-order valence-corrected chi connectivity index (χ4v) is 2.06. The molecule has 0 N–H and O–H groups in total. The summed E-state index contributed by atoms with van der Waals surface area (Å²) < 4.78 is 27.0. The van der Waals surface area contributed by atoms with Crippen molar-refractivity contribution in [2.24, 2.45) is 0 Å². The Morgan fingerprint density at radius 1 is 1.44 bits per heavy atom. The van der Waals surface area contributed by atoms with Crippen LogP contribution in [0.2, 0.25) is 0 Å². The van der Waals surface area contributed by atoms with E-state index in [1.165, 1.54) is 12.1 Å². The summed E-state index contributed by atoms with van der Waals surface area (Å²) in [5.74, 6) is -1.22. The molecule has 0 saturated carbocycles. The fourth-order valence-electron chi connectivity index (χ4n) is 1.42. The van der Waals surface area contributed by atoms with Crippen molar-refractivity contribution >= 4 is 21.7 Å². The number of ketones is 1. The molecule has 0 saturated heterocycles. The normalized spacial score (nSPS) is 12.6. The first-order chi connectivity index (χ1) is 7.47. The van der Waals surface area contributed by atoms with Gasteiger partial charge in [0, 0.05) is 12.0 Å². The first kappa shape index (κ1) is 13.3. The summed E-state index contributed by atoms with van der Waals surface area (Å²) in [5, 5.41) is 0. The lowest BCUT2D eigenvalue weighted by Gasteiger charge is -2.10. The molecule has 88 valence electrons. The second kappa shape index (κ2) is 5.53. The highest BCUT2D eigenvalue weighted by atomic mass is 79.9. The lowest BCUT2D eigenvalue weighted by Crippen LogP contribution is -2.17. The predicted molar refractivity (Wildman–Crippen MR) is 62.8 cm³/mol. The van der Waals surface area contributed by atoms with Gasteiger partial charge in [-0.2, -0.15) is 0 Å². The molecule has 0 spiro atoms. The first-order valence-corrected chi connectivity index (χ1v) is 5.99. The van der Waals surface area contributed by atoms with Gasteiger partial charge in [-0.25, -0.2) is 8.78 Å². The number of aryl methyl sites for hydroxylation is 1. The zero-order chi connectivity index (χ0) is 12.3. The van der Waals surface area contributed by atoms with E-state index in [9.17, 15) is 13.6 Å². The van der Waals surface area contributed by atoms with Crippen LogP contribution in [-0.4, -0.2) is 10.6 Å². The molecule has 1 unspecified atom stereocenters. The number of hydrogen-bond acceptors (Lipinski definition) is 1. The Kier molecular flexibility index (Phi) is 4.59. The van der Waals surface area contributed by atoms with Crippen molar-refractivity contribution in [1.82, 2.24) is 0 Å². The second-order valence-corrected chi connectivity index (χ2v) is 4.75. The minimum Gasteiger partial charge on any atom is -0.298 e.